The Hall–Kier alpha value is -2.73. The third-order valence-electron chi connectivity index (χ3n) is 2.94. The van der Waals surface area contributed by atoms with E-state index in [0.717, 1.165) is 5.56 Å². The number of amides is 1. The Kier molecular flexibility index (Phi) is 6.26. The Bertz CT molecular complexity index is 617. The van der Waals surface area contributed by atoms with Crippen molar-refractivity contribution in [2.24, 2.45) is 5.73 Å². The summed E-state index contributed by atoms with van der Waals surface area (Å²) in [5.74, 6) is 1.07. The first-order chi connectivity index (χ1) is 11.1. The molecule has 3 N–H and O–H groups in total. The lowest BCUT2D eigenvalue weighted by Gasteiger charge is -2.15. The van der Waals surface area contributed by atoms with E-state index in [1.807, 2.05) is 36.4 Å². The number of benzene rings is 2. The molecule has 0 aliphatic heterocycles. The maximum atomic E-state index is 10.5. The summed E-state index contributed by atoms with van der Waals surface area (Å²) >= 11 is 0. The molecule has 0 aromatic heterocycles. The third kappa shape index (κ3) is 5.88. The molecule has 1 amide bonds. The molecule has 2 rings (SSSR count). The second kappa shape index (κ2) is 8.65. The number of aliphatic hydroxyl groups is 1. The van der Waals surface area contributed by atoms with Crippen molar-refractivity contribution in [3.05, 3.63) is 60.2 Å². The molecule has 0 heterocycles. The van der Waals surface area contributed by atoms with Gasteiger partial charge in [-0.1, -0.05) is 42.5 Å². The molecule has 2 aromatic rings. The second-order valence-corrected chi connectivity index (χ2v) is 4.82. The van der Waals surface area contributed by atoms with Crippen molar-refractivity contribution in [2.45, 2.75) is 12.7 Å². The lowest BCUT2D eigenvalue weighted by atomic mass is 10.2. The average molecular weight is 317 g/mol. The first-order valence-electron chi connectivity index (χ1n) is 7.14. The largest absolute Gasteiger partial charge is 0.487 e. The van der Waals surface area contributed by atoms with Crippen molar-refractivity contribution in [3.63, 3.8) is 0 Å². The molecule has 6 heteroatoms. The molecule has 0 aliphatic carbocycles. The average Bonchev–Trinajstić information content (AvgIpc) is 2.58. The van der Waals surface area contributed by atoms with Crippen molar-refractivity contribution in [3.8, 4) is 11.5 Å². The van der Waals surface area contributed by atoms with Crippen LogP contribution in [0.4, 0.5) is 4.79 Å². The zero-order valence-electron chi connectivity index (χ0n) is 12.6. The van der Waals surface area contributed by atoms with Crippen LogP contribution in [0, 0.1) is 0 Å². The number of para-hydroxylation sites is 2. The predicted molar refractivity (Wildman–Crippen MR) is 84.3 cm³/mol. The van der Waals surface area contributed by atoms with E-state index in [4.69, 9.17) is 15.2 Å². The molecular weight excluding hydrogens is 298 g/mol. The maximum absolute atomic E-state index is 10.5. The van der Waals surface area contributed by atoms with E-state index >= 15 is 0 Å². The summed E-state index contributed by atoms with van der Waals surface area (Å²) in [5, 5.41) is 9.66. The molecule has 0 spiro atoms. The van der Waals surface area contributed by atoms with Crippen LogP contribution in [0.5, 0.6) is 11.5 Å². The van der Waals surface area contributed by atoms with Gasteiger partial charge in [0.1, 0.15) is 25.9 Å². The SMILES string of the molecule is NC(=O)OC[C@@H](O)COc1ccccc1OCc1ccccc1. The molecule has 0 saturated carbocycles. The fourth-order valence-electron chi connectivity index (χ4n) is 1.84. The van der Waals surface area contributed by atoms with Crippen LogP contribution in [0.3, 0.4) is 0 Å². The summed E-state index contributed by atoms with van der Waals surface area (Å²) in [4.78, 5) is 10.5. The minimum atomic E-state index is -0.968. The standard InChI is InChI=1S/C17H19NO5/c18-17(20)23-12-14(19)11-22-16-9-5-4-8-15(16)21-10-13-6-2-1-3-7-13/h1-9,14,19H,10-12H2,(H2,18,20)/t14-/m0/s1. The van der Waals surface area contributed by atoms with Crippen molar-refractivity contribution in [1.82, 2.24) is 0 Å². The summed E-state index contributed by atoms with van der Waals surface area (Å²) in [6.45, 7) is 0.149. The molecule has 2 aromatic carbocycles. The summed E-state index contributed by atoms with van der Waals surface area (Å²) in [6.07, 6.45) is -1.90. The Morgan fingerprint density at radius 1 is 0.957 bits per heavy atom. The van der Waals surface area contributed by atoms with Gasteiger partial charge in [-0.15, -0.1) is 0 Å². The van der Waals surface area contributed by atoms with Gasteiger partial charge in [0.25, 0.3) is 0 Å². The van der Waals surface area contributed by atoms with Crippen LogP contribution in [0.25, 0.3) is 0 Å². The van der Waals surface area contributed by atoms with E-state index in [1.54, 1.807) is 18.2 Å². The highest BCUT2D eigenvalue weighted by Gasteiger charge is 2.10. The molecule has 0 fully saturated rings. The fraction of sp³-hybridized carbons (Fsp3) is 0.235. The molecule has 0 bridgehead atoms. The lowest BCUT2D eigenvalue weighted by Crippen LogP contribution is -2.27. The zero-order valence-corrected chi connectivity index (χ0v) is 12.6. The lowest BCUT2D eigenvalue weighted by molar-refractivity contribution is 0.0410. The van der Waals surface area contributed by atoms with Gasteiger partial charge >= 0.3 is 6.09 Å². The Morgan fingerprint density at radius 3 is 2.22 bits per heavy atom. The summed E-state index contributed by atoms with van der Waals surface area (Å²) in [6, 6.07) is 16.9. The molecular formula is C17H19NO5. The number of carbonyl (C=O) groups is 1. The van der Waals surface area contributed by atoms with E-state index in [9.17, 15) is 9.90 Å². The quantitative estimate of drug-likeness (QED) is 0.778. The van der Waals surface area contributed by atoms with Gasteiger partial charge in [-0.2, -0.15) is 0 Å². The molecule has 0 radical (unpaired) electrons. The van der Waals surface area contributed by atoms with Crippen molar-refractivity contribution < 1.29 is 24.1 Å². The van der Waals surface area contributed by atoms with Crippen LogP contribution >= 0.6 is 0 Å². The first kappa shape index (κ1) is 16.6. The number of rotatable bonds is 8. The smallest absolute Gasteiger partial charge is 0.404 e. The van der Waals surface area contributed by atoms with Gasteiger partial charge in [-0.25, -0.2) is 4.79 Å². The Balaban J connectivity index is 1.88. The van der Waals surface area contributed by atoms with E-state index in [-0.39, 0.29) is 13.2 Å². The maximum Gasteiger partial charge on any atom is 0.404 e. The second-order valence-electron chi connectivity index (χ2n) is 4.82. The molecule has 6 nitrogen and oxygen atoms in total. The molecule has 122 valence electrons. The van der Waals surface area contributed by atoms with E-state index in [1.165, 1.54) is 0 Å². The van der Waals surface area contributed by atoms with Crippen LogP contribution in [0.15, 0.2) is 54.6 Å². The Labute approximate surface area is 134 Å². The van der Waals surface area contributed by atoms with Crippen LogP contribution in [-0.2, 0) is 11.3 Å². The molecule has 0 unspecified atom stereocenters. The molecule has 0 saturated heterocycles. The Morgan fingerprint density at radius 2 is 1.57 bits per heavy atom. The fourth-order valence-corrected chi connectivity index (χ4v) is 1.84. The number of nitrogens with two attached hydrogens (primary N) is 1. The highest BCUT2D eigenvalue weighted by atomic mass is 16.6. The van der Waals surface area contributed by atoms with Gasteiger partial charge in [0, 0.05) is 0 Å². The van der Waals surface area contributed by atoms with Gasteiger partial charge in [0.2, 0.25) is 0 Å². The van der Waals surface area contributed by atoms with Gasteiger partial charge in [-0.3, -0.25) is 0 Å². The monoisotopic (exact) mass is 317 g/mol. The normalized spacial score (nSPS) is 11.5. The number of ether oxygens (including phenoxy) is 3. The minimum absolute atomic E-state index is 0.0427. The summed E-state index contributed by atoms with van der Waals surface area (Å²) in [5.41, 5.74) is 5.87. The predicted octanol–water partition coefficient (Wildman–Crippen LogP) is 2.10. The highest BCUT2D eigenvalue weighted by Crippen LogP contribution is 2.27. The number of hydrogen-bond acceptors (Lipinski definition) is 5. The number of aliphatic hydroxyl groups excluding tert-OH is 1. The minimum Gasteiger partial charge on any atom is -0.487 e. The van der Waals surface area contributed by atoms with E-state index in [2.05, 4.69) is 4.74 Å². The van der Waals surface area contributed by atoms with Gasteiger partial charge in [0.15, 0.2) is 11.5 Å². The first-order valence-corrected chi connectivity index (χ1v) is 7.14. The molecule has 23 heavy (non-hydrogen) atoms. The van der Waals surface area contributed by atoms with Gasteiger partial charge < -0.3 is 25.1 Å². The van der Waals surface area contributed by atoms with Crippen LogP contribution in [0.1, 0.15) is 5.56 Å². The van der Waals surface area contributed by atoms with Crippen molar-refractivity contribution in [1.29, 1.82) is 0 Å². The highest BCUT2D eigenvalue weighted by molar-refractivity contribution is 5.64. The van der Waals surface area contributed by atoms with Crippen LogP contribution in [0.2, 0.25) is 0 Å². The summed E-state index contributed by atoms with van der Waals surface area (Å²) < 4.78 is 15.8. The van der Waals surface area contributed by atoms with E-state index < -0.39 is 12.2 Å². The number of primary amides is 1. The zero-order chi connectivity index (χ0) is 16.5. The van der Waals surface area contributed by atoms with Crippen LogP contribution in [-0.4, -0.2) is 30.5 Å². The molecule has 1 atom stereocenters. The number of hydrogen-bond donors (Lipinski definition) is 2. The third-order valence-corrected chi connectivity index (χ3v) is 2.94. The van der Waals surface area contributed by atoms with E-state index in [0.29, 0.717) is 18.1 Å². The molecule has 0 aliphatic rings. The topological polar surface area (TPSA) is 91.0 Å². The van der Waals surface area contributed by atoms with Gasteiger partial charge in [0.05, 0.1) is 0 Å². The van der Waals surface area contributed by atoms with Crippen molar-refractivity contribution in [2.75, 3.05) is 13.2 Å². The van der Waals surface area contributed by atoms with Gasteiger partial charge in [-0.05, 0) is 17.7 Å². The van der Waals surface area contributed by atoms with Crippen molar-refractivity contribution >= 4 is 6.09 Å². The number of carbonyl (C=O) groups excluding carboxylic acids is 1. The van der Waals surface area contributed by atoms with Crippen LogP contribution < -0.4 is 15.2 Å². The summed E-state index contributed by atoms with van der Waals surface area (Å²) in [7, 11) is 0.